The number of rotatable bonds is 0. The lowest BCUT2D eigenvalue weighted by molar-refractivity contribution is 0.371. The van der Waals surface area contributed by atoms with Crippen LogP contribution in [-0.4, -0.2) is 15.3 Å². The molecule has 0 saturated carbocycles. The minimum absolute atomic E-state index is 0.192. The number of hydrogen-bond acceptors (Lipinski definition) is 3. The molecular formula is C10H6F2O3. The van der Waals surface area contributed by atoms with E-state index in [1.165, 1.54) is 18.2 Å². The summed E-state index contributed by atoms with van der Waals surface area (Å²) in [7, 11) is 0. The van der Waals surface area contributed by atoms with E-state index in [4.69, 9.17) is 5.11 Å². The molecule has 0 aliphatic heterocycles. The van der Waals surface area contributed by atoms with Crippen molar-refractivity contribution in [3.8, 4) is 17.2 Å². The molecule has 0 unspecified atom stereocenters. The molecule has 0 saturated heterocycles. The first-order valence-electron chi connectivity index (χ1n) is 4.04. The molecule has 0 aromatic heterocycles. The van der Waals surface area contributed by atoms with Gasteiger partial charge in [0.05, 0.1) is 5.39 Å². The Morgan fingerprint density at radius 2 is 1.53 bits per heavy atom. The van der Waals surface area contributed by atoms with Crippen molar-refractivity contribution in [2.45, 2.75) is 0 Å². The number of phenolic OH excluding ortho intramolecular Hbond substituents is 3. The van der Waals surface area contributed by atoms with Crippen LogP contribution >= 0.6 is 0 Å². The summed E-state index contributed by atoms with van der Waals surface area (Å²) in [5.74, 6) is -5.40. The maximum absolute atomic E-state index is 13.3. The summed E-state index contributed by atoms with van der Waals surface area (Å²) >= 11 is 0. The van der Waals surface area contributed by atoms with Gasteiger partial charge in [-0.25, -0.2) is 4.39 Å². The maximum Gasteiger partial charge on any atom is 0.210 e. The third-order valence-corrected chi connectivity index (χ3v) is 2.14. The highest BCUT2D eigenvalue weighted by atomic mass is 19.1. The van der Waals surface area contributed by atoms with E-state index >= 15 is 0 Å². The first-order chi connectivity index (χ1) is 7.04. The van der Waals surface area contributed by atoms with Crippen molar-refractivity contribution in [2.75, 3.05) is 0 Å². The van der Waals surface area contributed by atoms with E-state index in [2.05, 4.69) is 0 Å². The fraction of sp³-hybridized carbons (Fsp3) is 0. The van der Waals surface area contributed by atoms with Gasteiger partial charge in [-0.05, 0) is 6.07 Å². The molecule has 0 bridgehead atoms. The average Bonchev–Trinajstić information content (AvgIpc) is 2.23. The molecule has 0 spiro atoms. The Hall–Kier alpha value is -2.04. The molecule has 3 nitrogen and oxygen atoms in total. The summed E-state index contributed by atoms with van der Waals surface area (Å²) in [4.78, 5) is 0. The van der Waals surface area contributed by atoms with E-state index in [1.807, 2.05) is 0 Å². The van der Waals surface area contributed by atoms with Crippen LogP contribution in [0.4, 0.5) is 8.78 Å². The Bertz CT molecular complexity index is 552. The highest BCUT2D eigenvalue weighted by Gasteiger charge is 2.20. The van der Waals surface area contributed by atoms with Gasteiger partial charge in [-0.2, -0.15) is 4.39 Å². The lowest BCUT2D eigenvalue weighted by Crippen LogP contribution is -1.88. The second-order valence-electron chi connectivity index (χ2n) is 3.02. The minimum atomic E-state index is -1.44. The average molecular weight is 212 g/mol. The van der Waals surface area contributed by atoms with E-state index in [-0.39, 0.29) is 5.39 Å². The van der Waals surface area contributed by atoms with Gasteiger partial charge in [0.25, 0.3) is 0 Å². The summed E-state index contributed by atoms with van der Waals surface area (Å²) in [6.07, 6.45) is 0. The summed E-state index contributed by atoms with van der Waals surface area (Å²) in [5.41, 5.74) is 0. The molecule has 2 aromatic rings. The van der Waals surface area contributed by atoms with Crippen LogP contribution in [0.25, 0.3) is 10.8 Å². The smallest absolute Gasteiger partial charge is 0.210 e. The third-order valence-electron chi connectivity index (χ3n) is 2.14. The van der Waals surface area contributed by atoms with Crippen LogP contribution in [0.1, 0.15) is 0 Å². The second-order valence-corrected chi connectivity index (χ2v) is 3.02. The predicted octanol–water partition coefficient (Wildman–Crippen LogP) is 2.23. The van der Waals surface area contributed by atoms with Gasteiger partial charge in [0.1, 0.15) is 5.75 Å². The molecule has 0 radical (unpaired) electrons. The lowest BCUT2D eigenvalue weighted by Gasteiger charge is -2.07. The van der Waals surface area contributed by atoms with Crippen LogP contribution in [0.2, 0.25) is 0 Å². The molecule has 5 heteroatoms. The van der Waals surface area contributed by atoms with E-state index < -0.39 is 34.3 Å². The Morgan fingerprint density at radius 1 is 0.867 bits per heavy atom. The monoisotopic (exact) mass is 212 g/mol. The number of fused-ring (bicyclic) bond motifs is 1. The zero-order chi connectivity index (χ0) is 11.2. The Balaban J connectivity index is 3.08. The molecule has 2 aromatic carbocycles. The fourth-order valence-corrected chi connectivity index (χ4v) is 1.41. The van der Waals surface area contributed by atoms with E-state index in [0.717, 1.165) is 0 Å². The van der Waals surface area contributed by atoms with Gasteiger partial charge in [-0.1, -0.05) is 12.1 Å². The molecule has 78 valence electrons. The Kier molecular flexibility index (Phi) is 1.89. The van der Waals surface area contributed by atoms with E-state index in [1.54, 1.807) is 0 Å². The summed E-state index contributed by atoms with van der Waals surface area (Å²) in [6.45, 7) is 0. The SMILES string of the molecule is Oc1c(F)c(O)c2cccc(O)c2c1F. The topological polar surface area (TPSA) is 60.7 Å². The lowest BCUT2D eigenvalue weighted by atomic mass is 10.1. The van der Waals surface area contributed by atoms with E-state index in [0.29, 0.717) is 0 Å². The number of phenols is 3. The molecule has 15 heavy (non-hydrogen) atoms. The van der Waals surface area contributed by atoms with E-state index in [9.17, 15) is 19.0 Å². The normalized spacial score (nSPS) is 10.8. The van der Waals surface area contributed by atoms with Crippen LogP contribution in [-0.2, 0) is 0 Å². The van der Waals surface area contributed by atoms with Crippen molar-refractivity contribution in [2.24, 2.45) is 0 Å². The number of benzene rings is 2. The highest BCUT2D eigenvalue weighted by molar-refractivity contribution is 5.94. The number of aromatic hydroxyl groups is 3. The summed E-state index contributed by atoms with van der Waals surface area (Å²) in [5, 5.41) is 27.0. The Labute approximate surface area is 82.8 Å². The molecule has 0 fully saturated rings. The van der Waals surface area contributed by atoms with Crippen molar-refractivity contribution in [1.82, 2.24) is 0 Å². The van der Waals surface area contributed by atoms with Crippen LogP contribution in [0.3, 0.4) is 0 Å². The maximum atomic E-state index is 13.3. The summed E-state index contributed by atoms with van der Waals surface area (Å²) < 4.78 is 26.4. The van der Waals surface area contributed by atoms with Gasteiger partial charge in [-0.15, -0.1) is 0 Å². The van der Waals surface area contributed by atoms with Crippen LogP contribution < -0.4 is 0 Å². The van der Waals surface area contributed by atoms with Crippen molar-refractivity contribution < 1.29 is 24.1 Å². The van der Waals surface area contributed by atoms with Crippen molar-refractivity contribution in [1.29, 1.82) is 0 Å². The number of halogens is 2. The first kappa shape index (κ1) is 9.51. The quantitative estimate of drug-likeness (QED) is 0.627. The molecule has 0 aliphatic carbocycles. The third kappa shape index (κ3) is 1.16. The Morgan fingerprint density at radius 3 is 2.20 bits per heavy atom. The van der Waals surface area contributed by atoms with Crippen molar-refractivity contribution >= 4 is 10.8 Å². The first-order valence-corrected chi connectivity index (χ1v) is 4.04. The highest BCUT2D eigenvalue weighted by Crippen LogP contribution is 2.40. The predicted molar refractivity (Wildman–Crippen MR) is 48.9 cm³/mol. The van der Waals surface area contributed by atoms with Crippen molar-refractivity contribution in [3.05, 3.63) is 29.8 Å². The van der Waals surface area contributed by atoms with Crippen LogP contribution in [0, 0.1) is 11.6 Å². The van der Waals surface area contributed by atoms with Gasteiger partial charge in [0.2, 0.25) is 5.82 Å². The summed E-state index contributed by atoms with van der Waals surface area (Å²) in [6, 6.07) is 3.73. The van der Waals surface area contributed by atoms with Crippen molar-refractivity contribution in [3.63, 3.8) is 0 Å². The van der Waals surface area contributed by atoms with Gasteiger partial charge in [0.15, 0.2) is 17.3 Å². The minimum Gasteiger partial charge on any atom is -0.507 e. The second kappa shape index (κ2) is 2.98. The molecule has 0 atom stereocenters. The molecule has 0 amide bonds. The fourth-order valence-electron chi connectivity index (χ4n) is 1.41. The standard InChI is InChI=1S/C10H6F2O3/c11-7-6-4(2-1-3-5(6)13)9(14)8(12)10(7)15/h1-3,13-15H. The van der Waals surface area contributed by atoms with Crippen LogP contribution in [0.15, 0.2) is 18.2 Å². The molecular weight excluding hydrogens is 206 g/mol. The van der Waals surface area contributed by atoms with Gasteiger partial charge in [0, 0.05) is 5.39 Å². The molecule has 0 aliphatic rings. The van der Waals surface area contributed by atoms with Crippen LogP contribution in [0.5, 0.6) is 17.2 Å². The van der Waals surface area contributed by atoms with Gasteiger partial charge >= 0.3 is 0 Å². The largest absolute Gasteiger partial charge is 0.507 e. The molecule has 3 N–H and O–H groups in total. The zero-order valence-corrected chi connectivity index (χ0v) is 7.33. The zero-order valence-electron chi connectivity index (χ0n) is 7.33. The van der Waals surface area contributed by atoms with Gasteiger partial charge < -0.3 is 15.3 Å². The van der Waals surface area contributed by atoms with Gasteiger partial charge in [-0.3, -0.25) is 0 Å². The number of hydrogen-bond donors (Lipinski definition) is 3. The molecule has 0 heterocycles. The molecule has 2 rings (SSSR count).